The summed E-state index contributed by atoms with van der Waals surface area (Å²) in [5.41, 5.74) is 0. The molecule has 0 unspecified atom stereocenters. The third-order valence-electron chi connectivity index (χ3n) is 2.52. The number of hydrogen-bond donors (Lipinski definition) is 2. The Morgan fingerprint density at radius 1 is 0.889 bits per heavy atom. The molecule has 0 aromatic carbocycles. The van der Waals surface area contributed by atoms with E-state index in [9.17, 15) is 0 Å². The van der Waals surface area contributed by atoms with Gasteiger partial charge in [-0.05, 0) is 13.0 Å². The van der Waals surface area contributed by atoms with Crippen molar-refractivity contribution in [3.05, 3.63) is 0 Å². The standard InChI is InChI=1S/C10H25ClN2O3Si.BrH/c1-14-17(15-2,16-3)10-4-6-12-8-9-13-7-5-11;/h12-13H,4-10H2,1-3H3;1H. The minimum Gasteiger partial charge on any atom is -0.377 e. The number of alkyl halides is 1. The zero-order valence-electron chi connectivity index (χ0n) is 11.5. The van der Waals surface area contributed by atoms with Crippen LogP contribution in [0.1, 0.15) is 6.42 Å². The van der Waals surface area contributed by atoms with Crippen molar-refractivity contribution in [2.45, 2.75) is 12.5 Å². The van der Waals surface area contributed by atoms with Crippen molar-refractivity contribution in [3.8, 4) is 0 Å². The zero-order chi connectivity index (χ0) is 13.0. The number of hydrogen-bond acceptors (Lipinski definition) is 5. The van der Waals surface area contributed by atoms with Gasteiger partial charge < -0.3 is 23.9 Å². The van der Waals surface area contributed by atoms with Gasteiger partial charge in [0, 0.05) is 52.9 Å². The number of rotatable bonds is 12. The predicted octanol–water partition coefficient (Wildman–Crippen LogP) is 1.25. The Balaban J connectivity index is 0. The highest BCUT2D eigenvalue weighted by atomic mass is 79.9. The first-order valence-electron chi connectivity index (χ1n) is 5.87. The van der Waals surface area contributed by atoms with Crippen molar-refractivity contribution in [1.29, 1.82) is 0 Å². The molecule has 8 heteroatoms. The van der Waals surface area contributed by atoms with Crippen LogP contribution in [0.5, 0.6) is 0 Å². The molecule has 0 aromatic heterocycles. The molecule has 0 aromatic rings. The smallest absolute Gasteiger partial charge is 0.377 e. The van der Waals surface area contributed by atoms with Crippen LogP contribution in [0.25, 0.3) is 0 Å². The van der Waals surface area contributed by atoms with Crippen LogP contribution < -0.4 is 10.6 Å². The van der Waals surface area contributed by atoms with E-state index in [1.165, 1.54) is 0 Å². The SMILES string of the molecule is Br.CO[Si](CCCNCCNCCCl)(OC)OC. The third kappa shape index (κ3) is 9.68. The van der Waals surface area contributed by atoms with Crippen LogP contribution in [0.3, 0.4) is 0 Å². The van der Waals surface area contributed by atoms with Crippen LogP contribution in [0.4, 0.5) is 0 Å². The van der Waals surface area contributed by atoms with Crippen molar-refractivity contribution < 1.29 is 13.3 Å². The van der Waals surface area contributed by atoms with Gasteiger partial charge in [-0.3, -0.25) is 0 Å². The van der Waals surface area contributed by atoms with E-state index < -0.39 is 8.80 Å². The van der Waals surface area contributed by atoms with Gasteiger partial charge in [-0.1, -0.05) is 0 Å². The van der Waals surface area contributed by atoms with Crippen LogP contribution in [-0.4, -0.2) is 62.2 Å². The topological polar surface area (TPSA) is 51.8 Å². The normalized spacial score (nSPS) is 11.3. The Morgan fingerprint density at radius 3 is 1.83 bits per heavy atom. The summed E-state index contributed by atoms with van der Waals surface area (Å²) in [5.74, 6) is 0.656. The summed E-state index contributed by atoms with van der Waals surface area (Å²) in [4.78, 5) is 0. The van der Waals surface area contributed by atoms with Crippen LogP contribution in [0.2, 0.25) is 6.04 Å². The first-order valence-corrected chi connectivity index (χ1v) is 8.34. The second-order valence-electron chi connectivity index (χ2n) is 3.59. The maximum Gasteiger partial charge on any atom is 0.500 e. The van der Waals surface area contributed by atoms with E-state index in [-0.39, 0.29) is 17.0 Å². The summed E-state index contributed by atoms with van der Waals surface area (Å²) >= 11 is 5.54. The van der Waals surface area contributed by atoms with Gasteiger partial charge in [0.1, 0.15) is 0 Å². The lowest BCUT2D eigenvalue weighted by molar-refractivity contribution is 0.123. The summed E-state index contributed by atoms with van der Waals surface area (Å²) in [6.07, 6.45) is 0.983. The van der Waals surface area contributed by atoms with Gasteiger partial charge in [0.05, 0.1) is 0 Å². The molecule has 0 aliphatic rings. The Bertz CT molecular complexity index is 171. The summed E-state index contributed by atoms with van der Waals surface area (Å²) in [6, 6.07) is 0.832. The third-order valence-corrected chi connectivity index (χ3v) is 5.54. The van der Waals surface area contributed by atoms with Gasteiger partial charge in [0.15, 0.2) is 0 Å². The molecule has 0 atom stereocenters. The predicted molar refractivity (Wildman–Crippen MR) is 83.0 cm³/mol. The van der Waals surface area contributed by atoms with Crippen LogP contribution in [0.15, 0.2) is 0 Å². The zero-order valence-corrected chi connectivity index (χ0v) is 14.9. The van der Waals surface area contributed by atoms with Crippen molar-refractivity contribution in [2.75, 3.05) is 53.4 Å². The first kappa shape index (κ1) is 21.1. The molecule has 18 heavy (non-hydrogen) atoms. The summed E-state index contributed by atoms with van der Waals surface area (Å²) in [7, 11) is 2.55. The van der Waals surface area contributed by atoms with Gasteiger partial charge in [-0.2, -0.15) is 0 Å². The second kappa shape index (κ2) is 14.2. The van der Waals surface area contributed by atoms with Crippen LogP contribution in [-0.2, 0) is 13.3 Å². The first-order chi connectivity index (χ1) is 8.24. The van der Waals surface area contributed by atoms with E-state index in [1.807, 2.05) is 0 Å². The molecule has 0 rings (SSSR count). The summed E-state index contributed by atoms with van der Waals surface area (Å²) in [5, 5.41) is 6.56. The highest BCUT2D eigenvalue weighted by Crippen LogP contribution is 2.14. The van der Waals surface area contributed by atoms with Gasteiger partial charge in [0.25, 0.3) is 0 Å². The maximum atomic E-state index is 5.54. The van der Waals surface area contributed by atoms with E-state index in [4.69, 9.17) is 24.9 Å². The van der Waals surface area contributed by atoms with Gasteiger partial charge in [0.2, 0.25) is 0 Å². The van der Waals surface area contributed by atoms with E-state index in [0.717, 1.165) is 38.6 Å². The molecule has 5 nitrogen and oxygen atoms in total. The Hall–Kier alpha value is 0.787. The Labute approximate surface area is 127 Å². The van der Waals surface area contributed by atoms with Crippen LogP contribution in [0, 0.1) is 0 Å². The lowest BCUT2D eigenvalue weighted by Gasteiger charge is -2.24. The van der Waals surface area contributed by atoms with Crippen molar-refractivity contribution in [3.63, 3.8) is 0 Å². The average molecular weight is 366 g/mol. The van der Waals surface area contributed by atoms with Crippen molar-refractivity contribution in [2.24, 2.45) is 0 Å². The highest BCUT2D eigenvalue weighted by molar-refractivity contribution is 8.93. The molecule has 0 saturated heterocycles. The molecular formula is C10H26BrClN2O3Si. The van der Waals surface area contributed by atoms with Crippen molar-refractivity contribution >= 4 is 37.4 Å². The molecular weight excluding hydrogens is 340 g/mol. The lowest BCUT2D eigenvalue weighted by atomic mass is 10.4. The van der Waals surface area contributed by atoms with Gasteiger partial charge >= 0.3 is 8.80 Å². The molecule has 2 N–H and O–H groups in total. The molecule has 0 fully saturated rings. The molecule has 0 heterocycles. The largest absolute Gasteiger partial charge is 0.500 e. The summed E-state index contributed by atoms with van der Waals surface area (Å²) in [6.45, 7) is 3.68. The fourth-order valence-corrected chi connectivity index (χ4v) is 3.34. The van der Waals surface area contributed by atoms with Crippen molar-refractivity contribution in [1.82, 2.24) is 10.6 Å². The molecule has 0 spiro atoms. The lowest BCUT2D eigenvalue weighted by Crippen LogP contribution is -2.43. The second-order valence-corrected chi connectivity index (χ2v) is 7.06. The summed E-state index contributed by atoms with van der Waals surface area (Å²) < 4.78 is 16.0. The fourth-order valence-electron chi connectivity index (χ4n) is 1.48. The van der Waals surface area contributed by atoms with E-state index in [0.29, 0.717) is 5.88 Å². The van der Waals surface area contributed by atoms with E-state index in [1.54, 1.807) is 21.3 Å². The molecule has 0 bridgehead atoms. The molecule has 0 amide bonds. The molecule has 0 radical (unpaired) electrons. The highest BCUT2D eigenvalue weighted by Gasteiger charge is 2.36. The molecule has 0 saturated carbocycles. The minimum absolute atomic E-state index is 0. The number of nitrogens with one attached hydrogen (secondary N) is 2. The molecule has 0 aliphatic heterocycles. The van der Waals surface area contributed by atoms with E-state index >= 15 is 0 Å². The van der Waals surface area contributed by atoms with Crippen LogP contribution >= 0.6 is 28.6 Å². The Kier molecular flexibility index (Phi) is 16.6. The fraction of sp³-hybridized carbons (Fsp3) is 1.00. The average Bonchev–Trinajstić information content (AvgIpc) is 2.38. The Morgan fingerprint density at radius 2 is 1.39 bits per heavy atom. The van der Waals surface area contributed by atoms with Gasteiger partial charge in [-0.15, -0.1) is 28.6 Å². The van der Waals surface area contributed by atoms with E-state index in [2.05, 4.69) is 10.6 Å². The molecule has 112 valence electrons. The minimum atomic E-state index is -2.37. The molecule has 0 aliphatic carbocycles. The monoisotopic (exact) mass is 364 g/mol. The number of halogens is 2. The quantitative estimate of drug-likeness (QED) is 0.310. The maximum absolute atomic E-state index is 5.54. The van der Waals surface area contributed by atoms with Gasteiger partial charge in [-0.25, -0.2) is 0 Å².